The van der Waals surface area contributed by atoms with E-state index in [4.69, 9.17) is 13.9 Å². The molecule has 4 aromatic rings. The number of hydrogen-bond acceptors (Lipinski definition) is 6. The Morgan fingerprint density at radius 3 is 2.76 bits per heavy atom. The zero-order valence-electron chi connectivity index (χ0n) is 21.4. The zero-order chi connectivity index (χ0) is 26.3. The fourth-order valence-corrected chi connectivity index (χ4v) is 5.29. The lowest BCUT2D eigenvalue weighted by molar-refractivity contribution is -0.156. The van der Waals surface area contributed by atoms with Crippen molar-refractivity contribution < 1.29 is 23.5 Å². The molecule has 0 saturated carbocycles. The van der Waals surface area contributed by atoms with Gasteiger partial charge >= 0.3 is 11.6 Å². The van der Waals surface area contributed by atoms with Gasteiger partial charge in [0, 0.05) is 29.1 Å². The fraction of sp³-hybridized carbons (Fsp3) is 0.345. The Bertz CT molecular complexity index is 1570. The monoisotopic (exact) mass is 502 g/mol. The van der Waals surface area contributed by atoms with Gasteiger partial charge in [-0.2, -0.15) is 0 Å². The largest absolute Gasteiger partial charge is 0.480 e. The van der Waals surface area contributed by atoms with Gasteiger partial charge in [0.2, 0.25) is 0 Å². The van der Waals surface area contributed by atoms with Gasteiger partial charge in [0.1, 0.15) is 17.4 Å². The highest BCUT2D eigenvalue weighted by Crippen LogP contribution is 2.34. The Hall–Kier alpha value is -4.07. The molecule has 192 valence electrons. The highest BCUT2D eigenvalue weighted by atomic mass is 16.5. The lowest BCUT2D eigenvalue weighted by Gasteiger charge is -2.35. The van der Waals surface area contributed by atoms with Crippen LogP contribution in [-0.4, -0.2) is 41.0 Å². The third kappa shape index (κ3) is 4.48. The second kappa shape index (κ2) is 9.76. The van der Waals surface area contributed by atoms with E-state index in [1.165, 1.54) is 18.1 Å². The number of amides is 1. The van der Waals surface area contributed by atoms with Crippen LogP contribution >= 0.6 is 0 Å². The van der Waals surface area contributed by atoms with Crippen molar-refractivity contribution in [1.82, 2.24) is 9.88 Å². The molecule has 0 unspecified atom stereocenters. The minimum atomic E-state index is -0.899. The molecular formula is C29H30N2O6. The second-order valence-electron chi connectivity index (χ2n) is 9.57. The average molecular weight is 503 g/mol. The molecule has 0 spiro atoms. The lowest BCUT2D eigenvalue weighted by atomic mass is 9.96. The molecule has 0 fully saturated rings. The number of methoxy groups -OCH3 is 1. The molecular weight excluding hydrogens is 472 g/mol. The maximum absolute atomic E-state index is 13.7. The van der Waals surface area contributed by atoms with Gasteiger partial charge in [-0.1, -0.05) is 31.5 Å². The highest BCUT2D eigenvalue weighted by molar-refractivity contribution is 5.92. The summed E-state index contributed by atoms with van der Waals surface area (Å²) in [5.74, 6) is -0.325. The smallest absolute Gasteiger partial charge is 0.336 e. The quantitative estimate of drug-likeness (QED) is 0.309. The third-order valence-electron chi connectivity index (χ3n) is 6.97. The van der Waals surface area contributed by atoms with Crippen LogP contribution in [0.1, 0.15) is 42.7 Å². The average Bonchev–Trinajstić information content (AvgIpc) is 3.24. The van der Waals surface area contributed by atoms with E-state index in [1.807, 2.05) is 44.2 Å². The van der Waals surface area contributed by atoms with E-state index < -0.39 is 23.7 Å². The maximum atomic E-state index is 13.7. The Balaban J connectivity index is 1.50. The van der Waals surface area contributed by atoms with Crippen LogP contribution in [0.3, 0.4) is 0 Å². The summed E-state index contributed by atoms with van der Waals surface area (Å²) in [4.78, 5) is 43.6. The Kier molecular flexibility index (Phi) is 6.50. The van der Waals surface area contributed by atoms with Crippen LogP contribution in [0.25, 0.3) is 21.9 Å². The number of esters is 1. The summed E-state index contributed by atoms with van der Waals surface area (Å²) in [5, 5.41) is 1.73. The minimum Gasteiger partial charge on any atom is -0.480 e. The summed E-state index contributed by atoms with van der Waals surface area (Å²) in [6, 6.07) is 12.2. The van der Waals surface area contributed by atoms with Gasteiger partial charge in [-0.15, -0.1) is 0 Å². The van der Waals surface area contributed by atoms with Crippen molar-refractivity contribution in [3.8, 4) is 5.75 Å². The molecule has 8 heteroatoms. The molecule has 37 heavy (non-hydrogen) atoms. The molecule has 1 aliphatic rings. The molecule has 0 radical (unpaired) electrons. The first-order valence-corrected chi connectivity index (χ1v) is 12.5. The van der Waals surface area contributed by atoms with Crippen LogP contribution < -0.4 is 10.4 Å². The van der Waals surface area contributed by atoms with Gasteiger partial charge in [-0.25, -0.2) is 9.59 Å². The van der Waals surface area contributed by atoms with E-state index >= 15 is 0 Å². The van der Waals surface area contributed by atoms with E-state index in [0.29, 0.717) is 29.6 Å². The van der Waals surface area contributed by atoms with Crippen molar-refractivity contribution in [1.29, 1.82) is 0 Å². The standard InChI is InChI=1S/C29H30N2O6/c1-5-8-18-13-26(32)37-25-12-16(2)11-24(27(18)25)36-17(3)28(33)31-15-22-20(14-23(31)29(34)35-4)19-9-6-7-10-21(19)30-22/h6-7,9-13,17,23,30H,5,8,14-15H2,1-4H3/t17-,23+/m1/s1. The van der Waals surface area contributed by atoms with E-state index in [-0.39, 0.29) is 12.5 Å². The molecule has 1 N–H and O–H groups in total. The number of aryl methyl sites for hydroxylation is 2. The summed E-state index contributed by atoms with van der Waals surface area (Å²) < 4.78 is 16.8. The normalized spacial score (nSPS) is 16.0. The van der Waals surface area contributed by atoms with Crippen molar-refractivity contribution in [2.75, 3.05) is 7.11 Å². The first kappa shape index (κ1) is 24.6. The predicted octanol–water partition coefficient (Wildman–Crippen LogP) is 4.43. The van der Waals surface area contributed by atoms with E-state index in [2.05, 4.69) is 4.98 Å². The van der Waals surface area contributed by atoms with Gasteiger partial charge in [0.05, 0.1) is 19.0 Å². The summed E-state index contributed by atoms with van der Waals surface area (Å²) in [7, 11) is 1.33. The van der Waals surface area contributed by atoms with E-state index in [1.54, 1.807) is 13.0 Å². The number of hydrogen-bond donors (Lipinski definition) is 1. The third-order valence-corrected chi connectivity index (χ3v) is 6.97. The summed E-state index contributed by atoms with van der Waals surface area (Å²) in [6.45, 7) is 5.81. The number of benzene rings is 2. The number of nitrogens with one attached hydrogen (secondary N) is 1. The molecule has 2 atom stereocenters. The Labute approximate surface area is 214 Å². The van der Waals surface area contributed by atoms with Crippen LogP contribution in [-0.2, 0) is 33.7 Å². The minimum absolute atomic E-state index is 0.237. The SMILES string of the molecule is CCCc1cc(=O)oc2cc(C)cc(O[C@H](C)C(=O)N3Cc4[nH]c5ccccc5c4C[C@H]3C(=O)OC)c12. The number of fused-ring (bicyclic) bond motifs is 4. The summed E-state index contributed by atoms with van der Waals surface area (Å²) >= 11 is 0. The molecule has 5 rings (SSSR count). The van der Waals surface area contributed by atoms with Crippen molar-refractivity contribution in [2.45, 2.75) is 58.7 Å². The molecule has 3 heterocycles. The van der Waals surface area contributed by atoms with Crippen molar-refractivity contribution >= 4 is 33.7 Å². The van der Waals surface area contributed by atoms with Crippen LogP contribution in [0.2, 0.25) is 0 Å². The van der Waals surface area contributed by atoms with Gasteiger partial charge < -0.3 is 23.8 Å². The van der Waals surface area contributed by atoms with Gasteiger partial charge in [-0.05, 0) is 55.2 Å². The van der Waals surface area contributed by atoms with E-state index in [0.717, 1.165) is 39.7 Å². The zero-order valence-corrected chi connectivity index (χ0v) is 21.4. The molecule has 0 aliphatic carbocycles. The Morgan fingerprint density at radius 2 is 2.00 bits per heavy atom. The number of nitrogens with zero attached hydrogens (tertiary/aromatic N) is 1. The van der Waals surface area contributed by atoms with Crippen LogP contribution in [0.5, 0.6) is 5.75 Å². The first-order chi connectivity index (χ1) is 17.8. The van der Waals surface area contributed by atoms with Crippen molar-refractivity contribution in [2.24, 2.45) is 0 Å². The second-order valence-corrected chi connectivity index (χ2v) is 9.57. The van der Waals surface area contributed by atoms with Crippen LogP contribution in [0, 0.1) is 6.92 Å². The number of aromatic amines is 1. The molecule has 2 aromatic carbocycles. The van der Waals surface area contributed by atoms with Gasteiger partial charge in [0.15, 0.2) is 6.10 Å². The first-order valence-electron chi connectivity index (χ1n) is 12.5. The number of rotatable bonds is 6. The maximum Gasteiger partial charge on any atom is 0.336 e. The number of aromatic nitrogens is 1. The molecule has 2 aromatic heterocycles. The highest BCUT2D eigenvalue weighted by Gasteiger charge is 2.39. The molecule has 0 saturated heterocycles. The summed E-state index contributed by atoms with van der Waals surface area (Å²) in [5.41, 5.74) is 4.55. The number of para-hydroxylation sites is 1. The number of ether oxygens (including phenoxy) is 2. The van der Waals surface area contributed by atoms with Crippen LogP contribution in [0.15, 0.2) is 51.7 Å². The molecule has 0 bridgehead atoms. The molecule has 1 aliphatic heterocycles. The predicted molar refractivity (Wildman–Crippen MR) is 140 cm³/mol. The molecule has 8 nitrogen and oxygen atoms in total. The number of carbonyl (C=O) groups excluding carboxylic acids is 2. The lowest BCUT2D eigenvalue weighted by Crippen LogP contribution is -2.52. The van der Waals surface area contributed by atoms with Gasteiger partial charge in [0.25, 0.3) is 5.91 Å². The van der Waals surface area contributed by atoms with Crippen molar-refractivity contribution in [3.63, 3.8) is 0 Å². The molecule has 1 amide bonds. The number of H-pyrrole nitrogens is 1. The van der Waals surface area contributed by atoms with Gasteiger partial charge in [-0.3, -0.25) is 4.79 Å². The Morgan fingerprint density at radius 1 is 1.22 bits per heavy atom. The fourth-order valence-electron chi connectivity index (χ4n) is 5.29. The topological polar surface area (TPSA) is 102 Å². The van der Waals surface area contributed by atoms with E-state index in [9.17, 15) is 14.4 Å². The van der Waals surface area contributed by atoms with Crippen molar-refractivity contribution in [3.05, 3.63) is 75.3 Å². The van der Waals surface area contributed by atoms with Crippen LogP contribution in [0.4, 0.5) is 0 Å². The number of carbonyl (C=O) groups is 2. The summed E-state index contributed by atoms with van der Waals surface area (Å²) in [6.07, 6.45) is 0.958.